The first kappa shape index (κ1) is 88.4. The van der Waals surface area contributed by atoms with E-state index >= 15 is 0 Å². The fraction of sp³-hybridized carbons (Fsp3) is 0.250. The highest BCUT2D eigenvalue weighted by atomic mass is 35.5. The number of anilines is 6. The van der Waals surface area contributed by atoms with E-state index in [0.717, 1.165) is 70.0 Å². The quantitative estimate of drug-likeness (QED) is 0.0181. The minimum Gasteiger partial charge on any atom is -0.448 e. The Kier molecular flexibility index (Phi) is 41.9. The molecule has 0 fully saturated rings. The third kappa shape index (κ3) is 40.0. The molecule has 0 atom stereocenters. The Labute approximate surface area is 627 Å². The first-order valence-electron chi connectivity index (χ1n) is 34.2. The van der Waals surface area contributed by atoms with E-state index in [0.29, 0.717) is 42.3 Å². The van der Waals surface area contributed by atoms with Gasteiger partial charge in [0.05, 0.1) is 16.0 Å². The molecule has 6 amide bonds. The number of carbonyl (C=O) groups excluding carboxylic acids is 5. The summed E-state index contributed by atoms with van der Waals surface area (Å²) in [5, 5.41) is 16.1. The third-order valence-corrected chi connectivity index (χ3v) is 17.7. The number of alkyl halides is 1. The Hall–Kier alpha value is -10.8. The highest BCUT2D eigenvalue weighted by Gasteiger charge is 2.15. The fourth-order valence-electron chi connectivity index (χ4n) is 8.55. The van der Waals surface area contributed by atoms with E-state index < -0.39 is 31.4 Å². The topological polar surface area (TPSA) is 259 Å². The molecule has 0 aliphatic carbocycles. The number of ether oxygens (including phenoxy) is 1. The summed E-state index contributed by atoms with van der Waals surface area (Å²) in [7, 11) is -5.13. The van der Waals surface area contributed by atoms with E-state index in [1.165, 1.54) is 34.9 Å². The van der Waals surface area contributed by atoms with Crippen molar-refractivity contribution in [2.45, 2.75) is 118 Å². The molecule has 9 rings (SSSR count). The van der Waals surface area contributed by atoms with Gasteiger partial charge in [-0.05, 0) is 208 Å². The van der Waals surface area contributed by atoms with Gasteiger partial charge in [-0.1, -0.05) is 175 Å². The third-order valence-electron chi connectivity index (χ3n) is 14.3. The molecule has 0 bridgehead atoms. The average molecular weight is 1480 g/mol. The lowest BCUT2D eigenvalue weighted by molar-refractivity contribution is -0.117. The van der Waals surface area contributed by atoms with Gasteiger partial charge < -0.3 is 31.3 Å². The zero-order valence-electron chi connectivity index (χ0n) is 61.9. The van der Waals surface area contributed by atoms with E-state index in [1.807, 2.05) is 237 Å². The SMILES string of the molecule is C=CCNC(=O)Nc1cccc(C)c1.CC#Cc1ccc(NS(=O)(=O)C(C)C)cc1.CCCC(=O)Nc1ccc(C)cc1.CNS(=O)(=O)c1cccc(C)c1.Cc1ccc(NC(=O)CCc2ccccc2)cc1.Cc1ccc(NC(=O)CCc2ccccc2)cc1.Cc1ccc(NC(=O)OCCCl)cc1. The summed E-state index contributed by atoms with van der Waals surface area (Å²) in [4.78, 5) is 57.3. The van der Waals surface area contributed by atoms with Gasteiger partial charge in [-0.2, -0.15) is 0 Å². The number of sulfonamides is 2. The summed E-state index contributed by atoms with van der Waals surface area (Å²) >= 11 is 5.36. The van der Waals surface area contributed by atoms with Crippen molar-refractivity contribution in [1.82, 2.24) is 10.0 Å². The van der Waals surface area contributed by atoms with Crippen molar-refractivity contribution >= 4 is 95.6 Å². The summed E-state index contributed by atoms with van der Waals surface area (Å²) in [6.45, 7) is 23.1. The minimum atomic E-state index is -3.27. The van der Waals surface area contributed by atoms with Crippen LogP contribution in [0, 0.1) is 53.4 Å². The van der Waals surface area contributed by atoms with Crippen LogP contribution in [0.1, 0.15) is 103 Å². The molecule has 8 N–H and O–H groups in total. The van der Waals surface area contributed by atoms with Gasteiger partial charge in [0, 0.05) is 65.5 Å². The van der Waals surface area contributed by atoms with Crippen molar-refractivity contribution in [3.05, 3.63) is 293 Å². The van der Waals surface area contributed by atoms with E-state index in [1.54, 1.807) is 69.3 Å². The lowest BCUT2D eigenvalue weighted by Crippen LogP contribution is -2.28. The van der Waals surface area contributed by atoms with Crippen LogP contribution in [0.25, 0.3) is 0 Å². The van der Waals surface area contributed by atoms with Crippen LogP contribution in [0.4, 0.5) is 43.7 Å². The molecule has 0 unspecified atom stereocenters. The summed E-state index contributed by atoms with van der Waals surface area (Å²) in [6, 6.07) is 72.2. The number of aryl methyl sites for hydroxylation is 8. The predicted molar refractivity (Wildman–Crippen MR) is 433 cm³/mol. The van der Waals surface area contributed by atoms with Crippen LogP contribution in [0.5, 0.6) is 0 Å². The van der Waals surface area contributed by atoms with Crippen LogP contribution in [-0.2, 0) is 52.0 Å². The molecule has 556 valence electrons. The molecule has 0 saturated carbocycles. The van der Waals surface area contributed by atoms with Gasteiger partial charge in [-0.3, -0.25) is 24.4 Å². The van der Waals surface area contributed by atoms with Crippen molar-refractivity contribution in [3.63, 3.8) is 0 Å². The molecule has 0 radical (unpaired) electrons. The van der Waals surface area contributed by atoms with E-state index in [9.17, 15) is 40.8 Å². The van der Waals surface area contributed by atoms with Crippen molar-refractivity contribution in [1.29, 1.82) is 0 Å². The summed E-state index contributed by atoms with van der Waals surface area (Å²) in [5.41, 5.74) is 14.7. The van der Waals surface area contributed by atoms with Crippen molar-refractivity contribution in [2.24, 2.45) is 0 Å². The molecule has 0 heterocycles. The molecule has 18 nitrogen and oxygen atoms in total. The largest absolute Gasteiger partial charge is 0.448 e. The second kappa shape index (κ2) is 49.7. The Balaban J connectivity index is 0.000000320. The highest BCUT2D eigenvalue weighted by Crippen LogP contribution is 2.17. The highest BCUT2D eigenvalue weighted by molar-refractivity contribution is 7.93. The van der Waals surface area contributed by atoms with Gasteiger partial charge in [0.1, 0.15) is 6.61 Å². The van der Waals surface area contributed by atoms with Crippen LogP contribution >= 0.6 is 11.6 Å². The minimum absolute atomic E-state index is 0.0581. The molecule has 9 aromatic rings. The number of amides is 6. The Bertz CT molecular complexity index is 4270. The van der Waals surface area contributed by atoms with E-state index in [4.69, 9.17) is 16.3 Å². The fourth-order valence-corrected chi connectivity index (χ4v) is 10.2. The monoisotopic (exact) mass is 1480 g/mol. The molecule has 0 aliphatic heterocycles. The van der Waals surface area contributed by atoms with E-state index in [-0.39, 0.29) is 30.4 Å². The van der Waals surface area contributed by atoms with Gasteiger partial charge in [0.25, 0.3) is 0 Å². The number of carbonyl (C=O) groups is 5. The van der Waals surface area contributed by atoms with Crippen LogP contribution in [-0.4, -0.2) is 78.0 Å². The summed E-state index contributed by atoms with van der Waals surface area (Å²) in [5.74, 6) is 6.19. The Morgan fingerprint density at radius 1 is 0.486 bits per heavy atom. The number of urea groups is 1. The van der Waals surface area contributed by atoms with Gasteiger partial charge in [-0.25, -0.2) is 31.1 Å². The van der Waals surface area contributed by atoms with Gasteiger partial charge >= 0.3 is 12.1 Å². The normalized spacial score (nSPS) is 10.1. The van der Waals surface area contributed by atoms with Gasteiger partial charge in [-0.15, -0.1) is 24.1 Å². The van der Waals surface area contributed by atoms with Gasteiger partial charge in [0.2, 0.25) is 37.8 Å². The smallest absolute Gasteiger partial charge is 0.411 e. The molecule has 0 spiro atoms. The molecule has 105 heavy (non-hydrogen) atoms. The Morgan fingerprint density at radius 2 is 0.895 bits per heavy atom. The lowest BCUT2D eigenvalue weighted by Gasteiger charge is -2.10. The lowest BCUT2D eigenvalue weighted by atomic mass is 10.1. The number of rotatable bonds is 22. The maximum absolute atomic E-state index is 11.8. The summed E-state index contributed by atoms with van der Waals surface area (Å²) < 4.78 is 55.1. The molecule has 9 aromatic carbocycles. The number of halogens is 1. The second-order valence-electron chi connectivity index (χ2n) is 23.9. The first-order valence-corrected chi connectivity index (χ1v) is 37.7. The van der Waals surface area contributed by atoms with Crippen molar-refractivity contribution in [2.75, 3.05) is 57.4 Å². The van der Waals surface area contributed by atoms with Crippen molar-refractivity contribution < 1.29 is 45.5 Å². The van der Waals surface area contributed by atoms with Crippen LogP contribution in [0.2, 0.25) is 0 Å². The Morgan fingerprint density at radius 3 is 1.28 bits per heavy atom. The molecule has 0 aromatic heterocycles. The zero-order chi connectivity index (χ0) is 77.4. The van der Waals surface area contributed by atoms with Crippen LogP contribution in [0.15, 0.2) is 248 Å². The maximum atomic E-state index is 11.8. The zero-order valence-corrected chi connectivity index (χ0v) is 64.3. The number of benzene rings is 9. The van der Waals surface area contributed by atoms with E-state index in [2.05, 4.69) is 59.8 Å². The van der Waals surface area contributed by atoms with Crippen molar-refractivity contribution in [3.8, 4) is 11.8 Å². The molecule has 21 heteroatoms. The van der Waals surface area contributed by atoms with Crippen LogP contribution in [0.3, 0.4) is 0 Å². The average Bonchev–Trinajstić information content (AvgIpc) is 0.864. The van der Waals surface area contributed by atoms with Gasteiger partial charge in [0.15, 0.2) is 0 Å². The number of hydrogen-bond acceptors (Lipinski definition) is 10. The molecular formula is C84H101ClN8O10S2. The molecule has 0 aliphatic rings. The first-order chi connectivity index (χ1) is 50.1. The number of hydrogen-bond donors (Lipinski definition) is 8. The summed E-state index contributed by atoms with van der Waals surface area (Å²) in [6.07, 6.45) is 5.21. The molecule has 0 saturated heterocycles. The molecular weight excluding hydrogens is 1380 g/mol. The van der Waals surface area contributed by atoms with Crippen LogP contribution < -0.4 is 41.3 Å². The number of nitrogens with one attached hydrogen (secondary N) is 8. The maximum Gasteiger partial charge on any atom is 0.411 e. The standard InChI is InChI=1S/2C16H17NO.C12H15NO2S.C11H14N2O.C11H15NO.C10H12ClNO2.C8H11NO2S/c2*1-13-7-10-15(11-8-13)17-16(18)12-9-14-5-3-2-4-6-14;1-4-5-11-6-8-12(9-7-11)13-16(14,15)10(2)3;1-3-7-12-11(14)13-10-6-4-5-9(2)8-10;1-3-4-11(13)12-10-7-5-9(2)6-8-10;1-8-2-4-9(5-3-8)12-10(13)14-7-6-11;1-7-4-3-5-8(6-7)12(10,11)9-2/h2*2-8,10-11H,9,12H2,1H3,(H,17,18);6-10,13H,1-3H3;3-6,8H,1,7H2,2H3,(H2,12,13,14);5-8H,3-4H2,1-2H3,(H,12,13);2-5H,6-7H2,1H3,(H,12,13);3-6,9H,1-2H3. The second-order valence-corrected chi connectivity index (χ2v) is 28.4. The predicted octanol–water partition coefficient (Wildman–Crippen LogP) is 18.1.